The van der Waals surface area contributed by atoms with Gasteiger partial charge in [0, 0.05) is 31.4 Å². The average molecular weight is 370 g/mol. The predicted molar refractivity (Wildman–Crippen MR) is 110 cm³/mol. The fraction of sp³-hybridized carbons (Fsp3) is 0.500. The quantitative estimate of drug-likeness (QED) is 0.745. The van der Waals surface area contributed by atoms with Gasteiger partial charge in [-0.25, -0.2) is 4.98 Å². The Bertz CT molecular complexity index is 711. The van der Waals surface area contributed by atoms with Gasteiger partial charge in [-0.2, -0.15) is 0 Å². The summed E-state index contributed by atoms with van der Waals surface area (Å²) >= 11 is 0. The minimum Gasteiger partial charge on any atom is -0.493 e. The van der Waals surface area contributed by atoms with Crippen LogP contribution in [0.4, 0.5) is 5.82 Å². The molecule has 5 heteroatoms. The molecular weight excluding hydrogens is 338 g/mol. The number of aromatic nitrogens is 1. The van der Waals surface area contributed by atoms with Gasteiger partial charge < -0.3 is 14.4 Å². The van der Waals surface area contributed by atoms with Crippen molar-refractivity contribution in [1.82, 2.24) is 9.88 Å². The molecule has 0 bridgehead atoms. The van der Waals surface area contributed by atoms with E-state index in [0.29, 0.717) is 12.1 Å². The summed E-state index contributed by atoms with van der Waals surface area (Å²) in [6.07, 6.45) is 4.05. The van der Waals surface area contributed by atoms with E-state index in [1.54, 1.807) is 14.2 Å². The first kappa shape index (κ1) is 19.5. The molecule has 0 spiro atoms. The van der Waals surface area contributed by atoms with Crippen molar-refractivity contribution >= 4 is 5.82 Å². The molecule has 0 aliphatic carbocycles. The highest BCUT2D eigenvalue weighted by atomic mass is 16.5. The van der Waals surface area contributed by atoms with Crippen molar-refractivity contribution in [2.45, 2.75) is 38.8 Å². The molecule has 2 heterocycles. The third-order valence-corrected chi connectivity index (χ3v) is 5.40. The molecule has 3 rings (SSSR count). The molecule has 1 aromatic heterocycles. The SMILES string of the molecule is COc1ccc(CCCN2[C@H](C)CN(c3ccccn3)C[C@H]2C)cc1OC. The molecule has 5 nitrogen and oxygen atoms in total. The summed E-state index contributed by atoms with van der Waals surface area (Å²) in [6.45, 7) is 7.80. The summed E-state index contributed by atoms with van der Waals surface area (Å²) in [4.78, 5) is 9.54. The predicted octanol–water partition coefficient (Wildman–Crippen LogP) is 3.63. The molecule has 2 aromatic rings. The fourth-order valence-electron chi connectivity index (χ4n) is 4.03. The third kappa shape index (κ3) is 4.72. The molecule has 1 aliphatic heterocycles. The second-order valence-corrected chi connectivity index (χ2v) is 7.32. The summed E-state index contributed by atoms with van der Waals surface area (Å²) in [7, 11) is 3.36. The van der Waals surface area contributed by atoms with Crippen molar-refractivity contribution in [3.8, 4) is 11.5 Å². The Morgan fingerprint density at radius 3 is 2.37 bits per heavy atom. The normalized spacial score (nSPS) is 20.5. The van der Waals surface area contributed by atoms with Crippen molar-refractivity contribution in [3.63, 3.8) is 0 Å². The Morgan fingerprint density at radius 1 is 1.00 bits per heavy atom. The zero-order valence-electron chi connectivity index (χ0n) is 16.9. The second-order valence-electron chi connectivity index (χ2n) is 7.32. The zero-order valence-corrected chi connectivity index (χ0v) is 16.9. The summed E-state index contributed by atoms with van der Waals surface area (Å²) in [6, 6.07) is 13.4. The highest BCUT2D eigenvalue weighted by Gasteiger charge is 2.29. The molecule has 1 fully saturated rings. The minimum atomic E-state index is 0.515. The molecular formula is C22H31N3O2. The molecule has 2 atom stereocenters. The maximum atomic E-state index is 5.41. The second kappa shape index (κ2) is 9.09. The maximum Gasteiger partial charge on any atom is 0.160 e. The number of aryl methyl sites for hydroxylation is 1. The van der Waals surface area contributed by atoms with Crippen LogP contribution in [0.25, 0.3) is 0 Å². The minimum absolute atomic E-state index is 0.515. The van der Waals surface area contributed by atoms with Gasteiger partial charge in [0.15, 0.2) is 11.5 Å². The van der Waals surface area contributed by atoms with Gasteiger partial charge in [0.05, 0.1) is 14.2 Å². The van der Waals surface area contributed by atoms with Gasteiger partial charge in [-0.3, -0.25) is 4.90 Å². The van der Waals surface area contributed by atoms with Crippen LogP contribution >= 0.6 is 0 Å². The van der Waals surface area contributed by atoms with E-state index in [4.69, 9.17) is 9.47 Å². The molecule has 1 aliphatic rings. The Labute approximate surface area is 162 Å². The Kier molecular flexibility index (Phi) is 6.56. The lowest BCUT2D eigenvalue weighted by molar-refractivity contribution is 0.130. The maximum absolute atomic E-state index is 5.41. The van der Waals surface area contributed by atoms with E-state index in [1.165, 1.54) is 5.56 Å². The van der Waals surface area contributed by atoms with Gasteiger partial charge >= 0.3 is 0 Å². The number of methoxy groups -OCH3 is 2. The topological polar surface area (TPSA) is 37.8 Å². The summed E-state index contributed by atoms with van der Waals surface area (Å²) in [5.41, 5.74) is 1.29. The molecule has 0 saturated carbocycles. The van der Waals surface area contributed by atoms with Crippen LogP contribution in [0.5, 0.6) is 11.5 Å². The molecule has 0 amide bonds. The number of hydrogen-bond donors (Lipinski definition) is 0. The van der Waals surface area contributed by atoms with Crippen LogP contribution < -0.4 is 14.4 Å². The van der Waals surface area contributed by atoms with Gasteiger partial charge in [0.2, 0.25) is 0 Å². The van der Waals surface area contributed by atoms with E-state index in [-0.39, 0.29) is 0 Å². The lowest BCUT2D eigenvalue weighted by atomic mass is 10.0. The molecule has 1 aromatic carbocycles. The first-order chi connectivity index (χ1) is 13.1. The van der Waals surface area contributed by atoms with Crippen LogP contribution in [0.3, 0.4) is 0 Å². The van der Waals surface area contributed by atoms with Gasteiger partial charge in [-0.05, 0) is 63.1 Å². The van der Waals surface area contributed by atoms with Crippen molar-refractivity contribution in [2.75, 3.05) is 38.8 Å². The Morgan fingerprint density at radius 2 is 1.74 bits per heavy atom. The summed E-state index contributed by atoms with van der Waals surface area (Å²) in [5, 5.41) is 0. The number of rotatable bonds is 7. The highest BCUT2D eigenvalue weighted by molar-refractivity contribution is 5.43. The fourth-order valence-corrected chi connectivity index (χ4v) is 4.03. The number of piperazine rings is 1. The number of ether oxygens (including phenoxy) is 2. The number of pyridine rings is 1. The van der Waals surface area contributed by atoms with Gasteiger partial charge in [-0.1, -0.05) is 12.1 Å². The third-order valence-electron chi connectivity index (χ3n) is 5.40. The Hall–Kier alpha value is -2.27. The molecule has 0 radical (unpaired) electrons. The zero-order chi connectivity index (χ0) is 19.2. The lowest BCUT2D eigenvalue weighted by Gasteiger charge is -2.45. The van der Waals surface area contributed by atoms with Crippen molar-refractivity contribution in [1.29, 1.82) is 0 Å². The van der Waals surface area contributed by atoms with E-state index < -0.39 is 0 Å². The highest BCUT2D eigenvalue weighted by Crippen LogP contribution is 2.28. The van der Waals surface area contributed by atoms with E-state index in [2.05, 4.69) is 52.9 Å². The standard InChI is InChI=1S/C22H31N3O2/c1-17-15-24(22-9-5-6-12-23-22)16-18(2)25(17)13-7-8-19-10-11-20(26-3)21(14-19)27-4/h5-6,9-12,14,17-18H,7-8,13,15-16H2,1-4H3/t17-,18-/m1/s1. The van der Waals surface area contributed by atoms with Crippen molar-refractivity contribution in [2.24, 2.45) is 0 Å². The molecule has 0 unspecified atom stereocenters. The first-order valence-corrected chi connectivity index (χ1v) is 9.75. The monoisotopic (exact) mass is 369 g/mol. The molecule has 27 heavy (non-hydrogen) atoms. The number of benzene rings is 1. The first-order valence-electron chi connectivity index (χ1n) is 9.75. The number of hydrogen-bond acceptors (Lipinski definition) is 5. The van der Waals surface area contributed by atoms with Crippen molar-refractivity contribution in [3.05, 3.63) is 48.2 Å². The van der Waals surface area contributed by atoms with Gasteiger partial charge in [0.1, 0.15) is 5.82 Å². The van der Waals surface area contributed by atoms with Crippen LogP contribution in [0.2, 0.25) is 0 Å². The van der Waals surface area contributed by atoms with Crippen molar-refractivity contribution < 1.29 is 9.47 Å². The van der Waals surface area contributed by atoms with E-state index in [1.807, 2.05) is 18.3 Å². The number of nitrogens with zero attached hydrogens (tertiary/aromatic N) is 3. The van der Waals surface area contributed by atoms with Gasteiger partial charge in [0.25, 0.3) is 0 Å². The largest absolute Gasteiger partial charge is 0.493 e. The van der Waals surface area contributed by atoms with Crippen LogP contribution in [0, 0.1) is 0 Å². The van der Waals surface area contributed by atoms with Crippen LogP contribution in [-0.4, -0.2) is 55.8 Å². The van der Waals surface area contributed by atoms with Gasteiger partial charge in [-0.15, -0.1) is 0 Å². The molecule has 146 valence electrons. The molecule has 1 saturated heterocycles. The van der Waals surface area contributed by atoms with Crippen LogP contribution in [0.15, 0.2) is 42.6 Å². The smallest absolute Gasteiger partial charge is 0.160 e. The molecule has 0 N–H and O–H groups in total. The van der Waals surface area contributed by atoms with E-state index in [0.717, 1.165) is 49.8 Å². The lowest BCUT2D eigenvalue weighted by Crippen LogP contribution is -2.57. The van der Waals surface area contributed by atoms with Crippen LogP contribution in [0.1, 0.15) is 25.8 Å². The average Bonchev–Trinajstić information content (AvgIpc) is 2.70. The summed E-state index contributed by atoms with van der Waals surface area (Å²) < 4.78 is 10.7. The van der Waals surface area contributed by atoms with E-state index >= 15 is 0 Å². The number of anilines is 1. The van der Waals surface area contributed by atoms with E-state index in [9.17, 15) is 0 Å². The van der Waals surface area contributed by atoms with Crippen LogP contribution in [-0.2, 0) is 6.42 Å². The summed E-state index contributed by atoms with van der Waals surface area (Å²) in [5.74, 6) is 2.68. The Balaban J connectivity index is 1.54.